The second-order valence-corrected chi connectivity index (χ2v) is 6.21. The number of rotatable bonds is 7. The molecule has 0 radical (unpaired) electrons. The van der Waals surface area contributed by atoms with Crippen LogP contribution in [0.4, 0.5) is 0 Å². The Kier molecular flexibility index (Phi) is 9.76. The van der Waals surface area contributed by atoms with Gasteiger partial charge < -0.3 is 20.1 Å². The Morgan fingerprint density at radius 2 is 2.17 bits per heavy atom. The Morgan fingerprint density at radius 3 is 2.83 bits per heavy atom. The first kappa shape index (κ1) is 21.3. The van der Waals surface area contributed by atoms with Crippen molar-refractivity contribution in [1.29, 1.82) is 0 Å². The zero-order chi connectivity index (χ0) is 16.5. The maximum Gasteiger partial charge on any atom is 0.191 e. The topological polar surface area (TPSA) is 54.9 Å². The summed E-state index contributed by atoms with van der Waals surface area (Å²) in [6.45, 7) is 7.64. The molecule has 2 N–H and O–H groups in total. The third-order valence-corrected chi connectivity index (χ3v) is 4.02. The number of aliphatic imine (C=N–C) groups is 1. The molecular formula is C17H27ClIN3O2. The molecule has 1 aliphatic heterocycles. The summed E-state index contributed by atoms with van der Waals surface area (Å²) in [6.07, 6.45) is 2.17. The van der Waals surface area contributed by atoms with Crippen LogP contribution >= 0.6 is 35.6 Å². The van der Waals surface area contributed by atoms with Crippen LogP contribution in [0.3, 0.4) is 0 Å². The van der Waals surface area contributed by atoms with Gasteiger partial charge in [0.2, 0.25) is 0 Å². The van der Waals surface area contributed by atoms with Gasteiger partial charge in [0.1, 0.15) is 12.4 Å². The van der Waals surface area contributed by atoms with E-state index in [1.54, 1.807) is 0 Å². The van der Waals surface area contributed by atoms with Gasteiger partial charge in [0.25, 0.3) is 0 Å². The molecule has 5 nitrogen and oxygen atoms in total. The van der Waals surface area contributed by atoms with E-state index < -0.39 is 0 Å². The van der Waals surface area contributed by atoms with Gasteiger partial charge in [-0.25, -0.2) is 0 Å². The standard InChI is InChI=1S/C17H26ClN3O2.HI/c1-3-19-16(21-13-17(2)9-6-11-23-17)20-10-12-22-15-8-5-4-7-14(15)18;/h4-5,7-8H,3,6,9-13H2,1-2H3,(H2,19,20,21);1H. The average molecular weight is 468 g/mol. The highest BCUT2D eigenvalue weighted by Gasteiger charge is 2.29. The minimum Gasteiger partial charge on any atom is -0.490 e. The van der Waals surface area contributed by atoms with Crippen LogP contribution in [0.25, 0.3) is 0 Å². The van der Waals surface area contributed by atoms with Crippen molar-refractivity contribution in [1.82, 2.24) is 10.6 Å². The predicted molar refractivity (Wildman–Crippen MR) is 110 cm³/mol. The van der Waals surface area contributed by atoms with Crippen molar-refractivity contribution in [2.75, 3.05) is 32.8 Å². The lowest BCUT2D eigenvalue weighted by Crippen LogP contribution is -2.40. The molecule has 1 unspecified atom stereocenters. The first-order chi connectivity index (χ1) is 11.1. The SMILES string of the molecule is CCNC(=NCC1(C)CCCO1)NCCOc1ccccc1Cl.I. The van der Waals surface area contributed by atoms with E-state index in [4.69, 9.17) is 21.1 Å². The van der Waals surface area contributed by atoms with E-state index in [0.717, 1.165) is 32.0 Å². The van der Waals surface area contributed by atoms with Gasteiger partial charge >= 0.3 is 0 Å². The monoisotopic (exact) mass is 467 g/mol. The summed E-state index contributed by atoms with van der Waals surface area (Å²) >= 11 is 6.06. The summed E-state index contributed by atoms with van der Waals surface area (Å²) in [5, 5.41) is 7.13. The van der Waals surface area contributed by atoms with Gasteiger partial charge in [-0.15, -0.1) is 24.0 Å². The van der Waals surface area contributed by atoms with E-state index in [0.29, 0.717) is 30.5 Å². The summed E-state index contributed by atoms with van der Waals surface area (Å²) in [7, 11) is 0. The normalized spacial score (nSPS) is 20.4. The Bertz CT molecular complexity index is 522. The fraction of sp³-hybridized carbons (Fsp3) is 0.588. The highest BCUT2D eigenvalue weighted by atomic mass is 127. The number of ether oxygens (including phenoxy) is 2. The number of para-hydroxylation sites is 1. The molecule has 1 atom stereocenters. The number of hydrogen-bond acceptors (Lipinski definition) is 3. The highest BCUT2D eigenvalue weighted by Crippen LogP contribution is 2.25. The Hall–Kier alpha value is -0.730. The van der Waals surface area contributed by atoms with Gasteiger partial charge in [0, 0.05) is 13.2 Å². The molecule has 1 fully saturated rings. The van der Waals surface area contributed by atoms with Crippen molar-refractivity contribution in [2.45, 2.75) is 32.3 Å². The third kappa shape index (κ3) is 7.03. The molecule has 2 rings (SSSR count). The van der Waals surface area contributed by atoms with Crippen molar-refractivity contribution in [3.8, 4) is 5.75 Å². The van der Waals surface area contributed by atoms with Crippen LogP contribution in [0, 0.1) is 0 Å². The van der Waals surface area contributed by atoms with E-state index in [1.165, 1.54) is 0 Å². The van der Waals surface area contributed by atoms with Crippen molar-refractivity contribution >= 4 is 41.5 Å². The average Bonchev–Trinajstić information content (AvgIpc) is 2.98. The van der Waals surface area contributed by atoms with E-state index in [2.05, 4.69) is 22.5 Å². The Labute approximate surface area is 166 Å². The van der Waals surface area contributed by atoms with Gasteiger partial charge in [-0.1, -0.05) is 23.7 Å². The Balaban J connectivity index is 0.00000288. The third-order valence-electron chi connectivity index (χ3n) is 3.71. The Morgan fingerprint density at radius 1 is 1.38 bits per heavy atom. The summed E-state index contributed by atoms with van der Waals surface area (Å²) in [4.78, 5) is 4.62. The van der Waals surface area contributed by atoms with Crippen molar-refractivity contribution in [3.63, 3.8) is 0 Å². The zero-order valence-corrected chi connectivity index (χ0v) is 17.4. The summed E-state index contributed by atoms with van der Waals surface area (Å²) < 4.78 is 11.4. The molecule has 24 heavy (non-hydrogen) atoms. The van der Waals surface area contributed by atoms with E-state index >= 15 is 0 Å². The summed E-state index contributed by atoms with van der Waals surface area (Å²) in [6, 6.07) is 7.47. The second-order valence-electron chi connectivity index (χ2n) is 5.80. The van der Waals surface area contributed by atoms with Gasteiger partial charge in [-0.3, -0.25) is 4.99 Å². The molecule has 1 aliphatic rings. The minimum absolute atomic E-state index is 0. The molecule has 0 aliphatic carbocycles. The van der Waals surface area contributed by atoms with E-state index in [-0.39, 0.29) is 29.6 Å². The van der Waals surface area contributed by atoms with Gasteiger partial charge in [-0.2, -0.15) is 0 Å². The number of nitrogens with one attached hydrogen (secondary N) is 2. The summed E-state index contributed by atoms with van der Waals surface area (Å²) in [5.41, 5.74) is -0.129. The second kappa shape index (κ2) is 11.0. The van der Waals surface area contributed by atoms with Crippen LogP contribution < -0.4 is 15.4 Å². The molecule has 1 aromatic carbocycles. The highest BCUT2D eigenvalue weighted by molar-refractivity contribution is 14.0. The van der Waals surface area contributed by atoms with Crippen LogP contribution in [0.2, 0.25) is 5.02 Å². The quantitative estimate of drug-likeness (QED) is 0.279. The fourth-order valence-electron chi connectivity index (χ4n) is 2.44. The first-order valence-corrected chi connectivity index (χ1v) is 8.54. The molecule has 136 valence electrons. The lowest BCUT2D eigenvalue weighted by atomic mass is 10.0. The maximum atomic E-state index is 6.06. The largest absolute Gasteiger partial charge is 0.490 e. The van der Waals surface area contributed by atoms with Crippen LogP contribution in [0.15, 0.2) is 29.3 Å². The number of halogens is 2. The minimum atomic E-state index is -0.129. The van der Waals surface area contributed by atoms with Crippen LogP contribution in [-0.4, -0.2) is 44.4 Å². The lowest BCUT2D eigenvalue weighted by molar-refractivity contribution is 0.0283. The molecular weight excluding hydrogens is 441 g/mol. The number of hydrogen-bond donors (Lipinski definition) is 2. The number of guanidine groups is 1. The lowest BCUT2D eigenvalue weighted by Gasteiger charge is -2.21. The first-order valence-electron chi connectivity index (χ1n) is 8.16. The molecule has 0 spiro atoms. The molecule has 1 heterocycles. The molecule has 1 saturated heterocycles. The van der Waals surface area contributed by atoms with Gasteiger partial charge in [0.15, 0.2) is 5.96 Å². The molecule has 0 bridgehead atoms. The molecule has 1 aromatic rings. The van der Waals surface area contributed by atoms with Crippen LogP contribution in [0.1, 0.15) is 26.7 Å². The van der Waals surface area contributed by atoms with Crippen molar-refractivity contribution in [3.05, 3.63) is 29.3 Å². The summed E-state index contributed by atoms with van der Waals surface area (Å²) in [5.74, 6) is 1.48. The van der Waals surface area contributed by atoms with Crippen molar-refractivity contribution < 1.29 is 9.47 Å². The molecule has 0 saturated carbocycles. The van der Waals surface area contributed by atoms with Crippen LogP contribution in [-0.2, 0) is 4.74 Å². The van der Waals surface area contributed by atoms with E-state index in [9.17, 15) is 0 Å². The smallest absolute Gasteiger partial charge is 0.191 e. The predicted octanol–water partition coefficient (Wildman–Crippen LogP) is 3.46. The van der Waals surface area contributed by atoms with Crippen LogP contribution in [0.5, 0.6) is 5.75 Å². The van der Waals surface area contributed by atoms with Crippen molar-refractivity contribution in [2.24, 2.45) is 4.99 Å². The molecule has 0 amide bonds. The van der Waals surface area contributed by atoms with E-state index in [1.807, 2.05) is 31.2 Å². The maximum absolute atomic E-state index is 6.06. The number of nitrogens with zero attached hydrogens (tertiary/aromatic N) is 1. The zero-order valence-electron chi connectivity index (χ0n) is 14.3. The van der Waals surface area contributed by atoms with Gasteiger partial charge in [0.05, 0.1) is 23.7 Å². The number of benzene rings is 1. The molecule has 0 aromatic heterocycles. The molecule has 7 heteroatoms. The van der Waals surface area contributed by atoms with Gasteiger partial charge in [-0.05, 0) is 38.8 Å². The fourth-order valence-corrected chi connectivity index (χ4v) is 2.63.